The van der Waals surface area contributed by atoms with Crippen LogP contribution >= 0.6 is 24.0 Å². The molecule has 0 heterocycles. The molecule has 1 aromatic rings. The SMILES string of the molecule is CN=C(NCCOC1CCCCCC1)NCCS(=O)(=O)NCc1ccccc1.I. The Morgan fingerprint density at radius 1 is 1.07 bits per heavy atom. The number of hydrogen-bond acceptors (Lipinski definition) is 4. The first-order chi connectivity index (χ1) is 13.6. The number of benzene rings is 1. The van der Waals surface area contributed by atoms with Crippen LogP contribution in [0.25, 0.3) is 0 Å². The van der Waals surface area contributed by atoms with Crippen molar-refractivity contribution in [1.82, 2.24) is 15.4 Å². The average molecular weight is 538 g/mol. The lowest BCUT2D eigenvalue weighted by Crippen LogP contribution is -2.42. The fourth-order valence-electron chi connectivity index (χ4n) is 3.19. The second-order valence-corrected chi connectivity index (χ2v) is 8.96. The molecular formula is C20H35IN4O3S. The Labute approximate surface area is 192 Å². The summed E-state index contributed by atoms with van der Waals surface area (Å²) in [6.45, 7) is 1.86. The summed E-state index contributed by atoms with van der Waals surface area (Å²) in [4.78, 5) is 4.12. The molecular weight excluding hydrogens is 503 g/mol. The molecule has 0 bridgehead atoms. The highest BCUT2D eigenvalue weighted by Crippen LogP contribution is 2.19. The van der Waals surface area contributed by atoms with Crippen molar-refractivity contribution in [1.29, 1.82) is 0 Å². The topological polar surface area (TPSA) is 91.8 Å². The van der Waals surface area contributed by atoms with Gasteiger partial charge in [0.1, 0.15) is 0 Å². The van der Waals surface area contributed by atoms with E-state index in [4.69, 9.17) is 4.74 Å². The zero-order valence-electron chi connectivity index (χ0n) is 17.2. The van der Waals surface area contributed by atoms with Gasteiger partial charge in [-0.2, -0.15) is 0 Å². The van der Waals surface area contributed by atoms with Gasteiger partial charge in [-0.25, -0.2) is 13.1 Å². The minimum atomic E-state index is -3.35. The Morgan fingerprint density at radius 3 is 2.38 bits per heavy atom. The predicted molar refractivity (Wildman–Crippen MR) is 129 cm³/mol. The lowest BCUT2D eigenvalue weighted by molar-refractivity contribution is 0.0468. The van der Waals surface area contributed by atoms with Gasteiger partial charge in [-0.05, 0) is 18.4 Å². The van der Waals surface area contributed by atoms with Crippen molar-refractivity contribution in [3.05, 3.63) is 35.9 Å². The van der Waals surface area contributed by atoms with E-state index in [1.54, 1.807) is 7.05 Å². The van der Waals surface area contributed by atoms with E-state index in [0.29, 0.717) is 31.8 Å². The molecule has 0 atom stereocenters. The summed E-state index contributed by atoms with van der Waals surface area (Å²) in [6, 6.07) is 9.47. The summed E-state index contributed by atoms with van der Waals surface area (Å²) in [5.74, 6) is 0.571. The van der Waals surface area contributed by atoms with Crippen molar-refractivity contribution < 1.29 is 13.2 Å². The zero-order chi connectivity index (χ0) is 20.1. The van der Waals surface area contributed by atoms with Crippen molar-refractivity contribution in [3.8, 4) is 0 Å². The number of aliphatic imine (C=N–C) groups is 1. The molecule has 1 saturated carbocycles. The average Bonchev–Trinajstić information content (AvgIpc) is 2.98. The van der Waals surface area contributed by atoms with E-state index in [1.807, 2.05) is 30.3 Å². The number of hydrogen-bond donors (Lipinski definition) is 3. The normalized spacial score (nSPS) is 16.0. The molecule has 29 heavy (non-hydrogen) atoms. The molecule has 0 aromatic heterocycles. The Bertz CT molecular complexity index is 678. The summed E-state index contributed by atoms with van der Waals surface area (Å²) in [5.41, 5.74) is 0.935. The fraction of sp³-hybridized carbons (Fsp3) is 0.650. The van der Waals surface area contributed by atoms with Gasteiger partial charge in [0.15, 0.2) is 5.96 Å². The Morgan fingerprint density at radius 2 is 1.72 bits per heavy atom. The van der Waals surface area contributed by atoms with Crippen LogP contribution in [0.5, 0.6) is 0 Å². The van der Waals surface area contributed by atoms with E-state index in [0.717, 1.165) is 18.4 Å². The van der Waals surface area contributed by atoms with Crippen LogP contribution in [-0.2, 0) is 21.3 Å². The van der Waals surface area contributed by atoms with Gasteiger partial charge < -0.3 is 15.4 Å². The first kappa shape index (κ1) is 26.1. The van der Waals surface area contributed by atoms with Crippen LogP contribution in [0, 0.1) is 0 Å². The lowest BCUT2D eigenvalue weighted by atomic mass is 10.1. The molecule has 0 saturated heterocycles. The van der Waals surface area contributed by atoms with Gasteiger partial charge in [-0.1, -0.05) is 56.0 Å². The van der Waals surface area contributed by atoms with Gasteiger partial charge in [-0.3, -0.25) is 4.99 Å². The first-order valence-electron chi connectivity index (χ1n) is 10.2. The number of sulfonamides is 1. The number of nitrogens with one attached hydrogen (secondary N) is 3. The van der Waals surface area contributed by atoms with Crippen molar-refractivity contribution in [2.45, 2.75) is 51.2 Å². The third-order valence-electron chi connectivity index (χ3n) is 4.78. The van der Waals surface area contributed by atoms with Gasteiger partial charge >= 0.3 is 0 Å². The van der Waals surface area contributed by atoms with E-state index in [-0.39, 0.29) is 36.3 Å². The second-order valence-electron chi connectivity index (χ2n) is 7.04. The molecule has 1 aromatic carbocycles. The lowest BCUT2D eigenvalue weighted by Gasteiger charge is -2.17. The van der Waals surface area contributed by atoms with Crippen LogP contribution in [0.3, 0.4) is 0 Å². The monoisotopic (exact) mass is 538 g/mol. The Kier molecular flexibility index (Phi) is 13.5. The largest absolute Gasteiger partial charge is 0.376 e. The molecule has 1 fully saturated rings. The highest BCUT2D eigenvalue weighted by Gasteiger charge is 2.12. The molecule has 0 aliphatic heterocycles. The number of nitrogens with zero attached hydrogens (tertiary/aromatic N) is 1. The molecule has 0 unspecified atom stereocenters. The molecule has 9 heteroatoms. The molecule has 1 aliphatic rings. The van der Waals surface area contributed by atoms with E-state index in [9.17, 15) is 8.42 Å². The highest BCUT2D eigenvalue weighted by atomic mass is 127. The van der Waals surface area contributed by atoms with Gasteiger partial charge in [0.2, 0.25) is 10.0 Å². The second kappa shape index (κ2) is 15.0. The van der Waals surface area contributed by atoms with Gasteiger partial charge in [0.25, 0.3) is 0 Å². The maximum Gasteiger partial charge on any atom is 0.213 e. The number of guanidine groups is 1. The first-order valence-corrected chi connectivity index (χ1v) is 11.8. The molecule has 1 aliphatic carbocycles. The number of halogens is 1. The summed E-state index contributed by atoms with van der Waals surface area (Å²) in [6.07, 6.45) is 7.83. The summed E-state index contributed by atoms with van der Waals surface area (Å²) in [5, 5.41) is 6.20. The van der Waals surface area contributed by atoms with Crippen LogP contribution in [0.15, 0.2) is 35.3 Å². The Balaban J connectivity index is 0.00000420. The zero-order valence-corrected chi connectivity index (χ0v) is 20.4. The van der Waals surface area contributed by atoms with E-state index >= 15 is 0 Å². The van der Waals surface area contributed by atoms with Crippen LogP contribution in [0.1, 0.15) is 44.1 Å². The van der Waals surface area contributed by atoms with Gasteiger partial charge in [-0.15, -0.1) is 24.0 Å². The highest BCUT2D eigenvalue weighted by molar-refractivity contribution is 14.0. The molecule has 2 rings (SSSR count). The predicted octanol–water partition coefficient (Wildman–Crippen LogP) is 2.63. The van der Waals surface area contributed by atoms with Crippen LogP contribution < -0.4 is 15.4 Å². The molecule has 0 radical (unpaired) electrons. The quantitative estimate of drug-likeness (QED) is 0.140. The molecule has 3 N–H and O–H groups in total. The van der Waals surface area contributed by atoms with Crippen LogP contribution in [0.2, 0.25) is 0 Å². The number of ether oxygens (including phenoxy) is 1. The Hall–Kier alpha value is -0.910. The molecule has 7 nitrogen and oxygen atoms in total. The van der Waals surface area contributed by atoms with Gasteiger partial charge in [0, 0.05) is 26.7 Å². The molecule has 0 spiro atoms. The summed E-state index contributed by atoms with van der Waals surface area (Å²) < 4.78 is 32.8. The van der Waals surface area contributed by atoms with Crippen LogP contribution in [-0.4, -0.2) is 53.0 Å². The maximum atomic E-state index is 12.1. The maximum absolute atomic E-state index is 12.1. The molecule has 0 amide bonds. The number of rotatable bonds is 10. The summed E-state index contributed by atoms with van der Waals surface area (Å²) >= 11 is 0. The fourth-order valence-corrected chi connectivity index (χ4v) is 4.09. The smallest absolute Gasteiger partial charge is 0.213 e. The third-order valence-corrected chi connectivity index (χ3v) is 6.10. The van der Waals surface area contributed by atoms with Gasteiger partial charge in [0.05, 0.1) is 18.5 Å². The summed E-state index contributed by atoms with van der Waals surface area (Å²) in [7, 11) is -1.68. The van der Waals surface area contributed by atoms with Crippen molar-refractivity contribution in [3.63, 3.8) is 0 Å². The van der Waals surface area contributed by atoms with E-state index < -0.39 is 10.0 Å². The standard InChI is InChI=1S/C20H34N4O3S.HI/c1-21-20(22-13-15-27-19-11-7-2-3-8-12-19)23-14-16-28(25,26)24-17-18-9-5-4-6-10-18;/h4-6,9-10,19,24H,2-3,7-8,11-17H2,1H3,(H2,21,22,23);1H. The molecule has 166 valence electrons. The van der Waals surface area contributed by atoms with Crippen molar-refractivity contribution >= 4 is 40.0 Å². The third kappa shape index (κ3) is 11.8. The minimum Gasteiger partial charge on any atom is -0.376 e. The van der Waals surface area contributed by atoms with E-state index in [1.165, 1.54) is 25.7 Å². The van der Waals surface area contributed by atoms with E-state index in [2.05, 4.69) is 20.3 Å². The van der Waals surface area contributed by atoms with Crippen molar-refractivity contribution in [2.24, 2.45) is 4.99 Å². The minimum absolute atomic E-state index is 0. The van der Waals surface area contributed by atoms with Crippen LogP contribution in [0.4, 0.5) is 0 Å². The van der Waals surface area contributed by atoms with Crippen molar-refractivity contribution in [2.75, 3.05) is 32.5 Å².